The fourth-order valence-electron chi connectivity index (χ4n) is 3.29. The van der Waals surface area contributed by atoms with Gasteiger partial charge in [0.15, 0.2) is 0 Å². The standard InChI is InChI=1S/C13H21NO2/c1-2-10-4-3-6-13(7-5-10)8-11(15)14-12(16)9-13/h10H,2-9H2,1H3,(H,14,15,16). The first-order valence-electron chi connectivity index (χ1n) is 6.46. The molecule has 1 spiro atoms. The molecule has 1 unspecified atom stereocenters. The smallest absolute Gasteiger partial charge is 0.227 e. The van der Waals surface area contributed by atoms with Gasteiger partial charge in [-0.2, -0.15) is 0 Å². The Morgan fingerprint density at radius 3 is 2.50 bits per heavy atom. The number of piperidine rings is 1. The van der Waals surface area contributed by atoms with Crippen LogP contribution in [-0.2, 0) is 9.59 Å². The first kappa shape index (κ1) is 11.6. The Morgan fingerprint density at radius 2 is 1.88 bits per heavy atom. The van der Waals surface area contributed by atoms with E-state index >= 15 is 0 Å². The number of imide groups is 1. The van der Waals surface area contributed by atoms with Gasteiger partial charge in [-0.1, -0.05) is 26.2 Å². The van der Waals surface area contributed by atoms with Gasteiger partial charge < -0.3 is 0 Å². The average molecular weight is 223 g/mol. The molecule has 0 aromatic carbocycles. The van der Waals surface area contributed by atoms with Crippen LogP contribution in [0.4, 0.5) is 0 Å². The second-order valence-corrected chi connectivity index (χ2v) is 5.53. The second kappa shape index (κ2) is 4.56. The highest BCUT2D eigenvalue weighted by molar-refractivity contribution is 5.98. The van der Waals surface area contributed by atoms with Crippen molar-refractivity contribution < 1.29 is 9.59 Å². The van der Waals surface area contributed by atoms with Gasteiger partial charge in [-0.05, 0) is 30.6 Å². The molecule has 3 heteroatoms. The van der Waals surface area contributed by atoms with Crippen molar-refractivity contribution in [3.05, 3.63) is 0 Å². The minimum absolute atomic E-state index is 0.00331. The molecule has 16 heavy (non-hydrogen) atoms. The van der Waals surface area contributed by atoms with Crippen LogP contribution in [0.15, 0.2) is 0 Å². The molecule has 90 valence electrons. The summed E-state index contributed by atoms with van der Waals surface area (Å²) in [5.41, 5.74) is 0.00331. The summed E-state index contributed by atoms with van der Waals surface area (Å²) in [6.07, 6.45) is 8.12. The summed E-state index contributed by atoms with van der Waals surface area (Å²) in [5.74, 6) is 0.678. The molecule has 2 rings (SSSR count). The first-order valence-corrected chi connectivity index (χ1v) is 6.46. The van der Waals surface area contributed by atoms with Crippen LogP contribution in [0.5, 0.6) is 0 Å². The van der Waals surface area contributed by atoms with Crippen molar-refractivity contribution in [2.24, 2.45) is 11.3 Å². The molecular formula is C13H21NO2. The van der Waals surface area contributed by atoms with Crippen LogP contribution in [0.3, 0.4) is 0 Å². The zero-order valence-corrected chi connectivity index (χ0v) is 10.1. The van der Waals surface area contributed by atoms with Gasteiger partial charge in [-0.25, -0.2) is 0 Å². The Bertz CT molecular complexity index is 282. The van der Waals surface area contributed by atoms with Crippen LogP contribution in [0, 0.1) is 11.3 Å². The SMILES string of the molecule is CCC1CCCC2(CC1)CC(=O)NC(=O)C2. The van der Waals surface area contributed by atoms with Gasteiger partial charge in [0.2, 0.25) is 11.8 Å². The predicted molar refractivity (Wildman–Crippen MR) is 61.7 cm³/mol. The summed E-state index contributed by atoms with van der Waals surface area (Å²) in [6, 6.07) is 0. The maximum absolute atomic E-state index is 11.5. The van der Waals surface area contributed by atoms with Crippen LogP contribution in [-0.4, -0.2) is 11.8 Å². The van der Waals surface area contributed by atoms with Gasteiger partial charge >= 0.3 is 0 Å². The number of hydrogen-bond acceptors (Lipinski definition) is 2. The normalized spacial score (nSPS) is 29.9. The Balaban J connectivity index is 2.06. The number of nitrogens with one attached hydrogen (secondary N) is 1. The van der Waals surface area contributed by atoms with Crippen molar-refractivity contribution >= 4 is 11.8 Å². The lowest BCUT2D eigenvalue weighted by Crippen LogP contribution is -2.44. The van der Waals surface area contributed by atoms with E-state index in [1.807, 2.05) is 0 Å². The Hall–Kier alpha value is -0.860. The molecule has 2 aliphatic rings. The highest BCUT2D eigenvalue weighted by atomic mass is 16.2. The average Bonchev–Trinajstić information content (AvgIpc) is 2.39. The van der Waals surface area contributed by atoms with Crippen molar-refractivity contribution in [2.45, 2.75) is 58.3 Å². The summed E-state index contributed by atoms with van der Waals surface area (Å²) in [7, 11) is 0. The molecule has 0 aromatic heterocycles. The molecule has 2 amide bonds. The van der Waals surface area contributed by atoms with E-state index in [-0.39, 0.29) is 17.2 Å². The fourth-order valence-corrected chi connectivity index (χ4v) is 3.29. The lowest BCUT2D eigenvalue weighted by atomic mass is 9.72. The monoisotopic (exact) mass is 223 g/mol. The van der Waals surface area contributed by atoms with Crippen LogP contribution in [0.25, 0.3) is 0 Å². The van der Waals surface area contributed by atoms with Crippen molar-refractivity contribution in [1.29, 1.82) is 0 Å². The van der Waals surface area contributed by atoms with Crippen molar-refractivity contribution in [3.63, 3.8) is 0 Å². The number of carbonyl (C=O) groups excluding carboxylic acids is 2. The highest BCUT2D eigenvalue weighted by Gasteiger charge is 2.40. The van der Waals surface area contributed by atoms with Crippen LogP contribution < -0.4 is 5.32 Å². The first-order chi connectivity index (χ1) is 7.63. The topological polar surface area (TPSA) is 46.2 Å². The van der Waals surface area contributed by atoms with Gasteiger partial charge in [-0.3, -0.25) is 14.9 Å². The van der Waals surface area contributed by atoms with E-state index in [0.29, 0.717) is 12.8 Å². The number of hydrogen-bond donors (Lipinski definition) is 1. The Kier molecular flexibility index (Phi) is 3.31. The van der Waals surface area contributed by atoms with E-state index in [2.05, 4.69) is 12.2 Å². The quantitative estimate of drug-likeness (QED) is 0.694. The van der Waals surface area contributed by atoms with Gasteiger partial charge in [0.1, 0.15) is 0 Å². The Labute approximate surface area is 97.0 Å². The fraction of sp³-hybridized carbons (Fsp3) is 0.846. The summed E-state index contributed by atoms with van der Waals surface area (Å²) in [6.45, 7) is 2.24. The molecule has 0 aromatic rings. The summed E-state index contributed by atoms with van der Waals surface area (Å²) < 4.78 is 0. The maximum atomic E-state index is 11.5. The van der Waals surface area contributed by atoms with Crippen molar-refractivity contribution in [1.82, 2.24) is 5.32 Å². The van der Waals surface area contributed by atoms with Crippen LogP contribution in [0.1, 0.15) is 58.3 Å². The number of amides is 2. The molecule has 1 aliphatic heterocycles. The van der Waals surface area contributed by atoms with Crippen LogP contribution in [0.2, 0.25) is 0 Å². The molecule has 3 nitrogen and oxygen atoms in total. The van der Waals surface area contributed by atoms with Gasteiger partial charge in [0.25, 0.3) is 0 Å². The van der Waals surface area contributed by atoms with Gasteiger partial charge in [0.05, 0.1) is 0 Å². The third kappa shape index (κ3) is 2.45. The zero-order chi connectivity index (χ0) is 11.6. The lowest BCUT2D eigenvalue weighted by Gasteiger charge is -2.35. The van der Waals surface area contributed by atoms with Crippen LogP contribution >= 0.6 is 0 Å². The third-order valence-corrected chi connectivity index (χ3v) is 4.33. The van der Waals surface area contributed by atoms with Gasteiger partial charge in [0, 0.05) is 12.8 Å². The highest BCUT2D eigenvalue weighted by Crippen LogP contribution is 2.44. The van der Waals surface area contributed by atoms with E-state index in [1.165, 1.54) is 25.7 Å². The summed E-state index contributed by atoms with van der Waals surface area (Å²) in [4.78, 5) is 23.0. The van der Waals surface area contributed by atoms with Gasteiger partial charge in [-0.15, -0.1) is 0 Å². The Morgan fingerprint density at radius 1 is 1.19 bits per heavy atom. The number of rotatable bonds is 1. The molecule has 1 saturated heterocycles. The zero-order valence-electron chi connectivity index (χ0n) is 10.1. The summed E-state index contributed by atoms with van der Waals surface area (Å²) >= 11 is 0. The lowest BCUT2D eigenvalue weighted by molar-refractivity contribution is -0.138. The van der Waals surface area contributed by atoms with E-state index in [9.17, 15) is 9.59 Å². The third-order valence-electron chi connectivity index (χ3n) is 4.33. The largest absolute Gasteiger partial charge is 0.296 e. The van der Waals surface area contributed by atoms with E-state index in [1.54, 1.807) is 0 Å². The molecular weight excluding hydrogens is 202 g/mol. The molecule has 1 N–H and O–H groups in total. The van der Waals surface area contributed by atoms with E-state index < -0.39 is 0 Å². The second-order valence-electron chi connectivity index (χ2n) is 5.53. The van der Waals surface area contributed by atoms with E-state index in [0.717, 1.165) is 18.8 Å². The molecule has 0 bridgehead atoms. The molecule has 1 saturated carbocycles. The minimum atomic E-state index is -0.0637. The molecule has 1 aliphatic carbocycles. The van der Waals surface area contributed by atoms with E-state index in [4.69, 9.17) is 0 Å². The summed E-state index contributed by atoms with van der Waals surface area (Å²) in [5, 5.41) is 2.42. The molecule has 1 atom stereocenters. The van der Waals surface area contributed by atoms with Crippen molar-refractivity contribution in [3.8, 4) is 0 Å². The predicted octanol–water partition coefficient (Wildman–Crippen LogP) is 2.40. The van der Waals surface area contributed by atoms with Crippen molar-refractivity contribution in [2.75, 3.05) is 0 Å². The number of carbonyl (C=O) groups is 2. The maximum Gasteiger partial charge on any atom is 0.227 e. The molecule has 2 fully saturated rings. The molecule has 1 heterocycles. The minimum Gasteiger partial charge on any atom is -0.296 e. The molecule has 0 radical (unpaired) electrons.